The van der Waals surface area contributed by atoms with E-state index in [1.807, 2.05) is 6.07 Å². The smallest absolute Gasteiger partial charge is 0.291 e. The molecule has 0 unspecified atom stereocenters. The first kappa shape index (κ1) is 15.2. The van der Waals surface area contributed by atoms with Crippen molar-refractivity contribution < 1.29 is 9.66 Å². The van der Waals surface area contributed by atoms with Crippen LogP contribution in [0, 0.1) is 17.0 Å². The van der Waals surface area contributed by atoms with E-state index in [1.54, 1.807) is 26.3 Å². The van der Waals surface area contributed by atoms with Crippen LogP contribution in [0.4, 0.5) is 11.5 Å². The average molecular weight is 353 g/mol. The van der Waals surface area contributed by atoms with Crippen molar-refractivity contribution >= 4 is 27.4 Å². The topological polar surface area (TPSA) is 90.2 Å². The summed E-state index contributed by atoms with van der Waals surface area (Å²) in [4.78, 5) is 18.5. The molecule has 0 spiro atoms. The molecule has 0 fully saturated rings. The molecule has 0 saturated heterocycles. The van der Waals surface area contributed by atoms with Gasteiger partial charge in [-0.2, -0.15) is 0 Å². The Balaban J connectivity index is 2.17. The molecule has 1 N–H and O–H groups in total. The van der Waals surface area contributed by atoms with E-state index in [0.717, 1.165) is 5.56 Å². The van der Waals surface area contributed by atoms with Crippen LogP contribution >= 0.6 is 15.9 Å². The second-order valence-corrected chi connectivity index (χ2v) is 5.04. The van der Waals surface area contributed by atoms with Crippen molar-refractivity contribution in [3.8, 4) is 5.88 Å². The van der Waals surface area contributed by atoms with Gasteiger partial charge in [0, 0.05) is 24.4 Å². The minimum Gasteiger partial charge on any atom is -0.481 e. The number of methoxy groups -OCH3 is 1. The number of pyridine rings is 2. The molecule has 0 saturated carbocycles. The van der Waals surface area contributed by atoms with Crippen LogP contribution in [-0.2, 0) is 6.54 Å². The molecule has 8 heteroatoms. The van der Waals surface area contributed by atoms with E-state index in [1.165, 1.54) is 6.20 Å². The van der Waals surface area contributed by atoms with Crippen molar-refractivity contribution in [2.75, 3.05) is 12.4 Å². The largest absolute Gasteiger partial charge is 0.481 e. The first-order chi connectivity index (χ1) is 10.0. The maximum Gasteiger partial charge on any atom is 0.291 e. The summed E-state index contributed by atoms with van der Waals surface area (Å²) in [5, 5.41) is 14.0. The van der Waals surface area contributed by atoms with E-state index in [4.69, 9.17) is 4.74 Å². The van der Waals surface area contributed by atoms with Crippen LogP contribution in [0.3, 0.4) is 0 Å². The Kier molecular flexibility index (Phi) is 4.69. The molecule has 2 aromatic heterocycles. The summed E-state index contributed by atoms with van der Waals surface area (Å²) < 4.78 is 5.63. The lowest BCUT2D eigenvalue weighted by Crippen LogP contribution is -2.05. The molecule has 0 aliphatic rings. The van der Waals surface area contributed by atoms with Gasteiger partial charge >= 0.3 is 0 Å². The third-order valence-electron chi connectivity index (χ3n) is 2.90. The van der Waals surface area contributed by atoms with Crippen molar-refractivity contribution in [1.29, 1.82) is 0 Å². The van der Waals surface area contributed by atoms with Gasteiger partial charge in [-0.25, -0.2) is 9.97 Å². The molecule has 0 atom stereocenters. The highest BCUT2D eigenvalue weighted by Gasteiger charge is 2.16. The number of rotatable bonds is 5. The Bertz CT molecular complexity index is 678. The number of nitro groups is 1. The Hall–Kier alpha value is -2.22. The molecule has 0 amide bonds. The Morgan fingerprint density at radius 1 is 1.48 bits per heavy atom. The Morgan fingerprint density at radius 2 is 2.24 bits per heavy atom. The first-order valence-electron chi connectivity index (χ1n) is 6.05. The van der Waals surface area contributed by atoms with Gasteiger partial charge in [0.25, 0.3) is 5.69 Å². The summed E-state index contributed by atoms with van der Waals surface area (Å²) >= 11 is 3.33. The first-order valence-corrected chi connectivity index (χ1v) is 6.84. The molecule has 21 heavy (non-hydrogen) atoms. The van der Waals surface area contributed by atoms with E-state index >= 15 is 0 Å². The summed E-state index contributed by atoms with van der Waals surface area (Å²) in [6.45, 7) is 2.17. The zero-order valence-corrected chi connectivity index (χ0v) is 13.0. The predicted octanol–water partition coefficient (Wildman–Crippen LogP) is 3.08. The fraction of sp³-hybridized carbons (Fsp3) is 0.231. The van der Waals surface area contributed by atoms with Gasteiger partial charge in [0.15, 0.2) is 0 Å². The number of nitrogens with zero attached hydrogens (tertiary/aromatic N) is 3. The van der Waals surface area contributed by atoms with Crippen LogP contribution < -0.4 is 10.1 Å². The zero-order chi connectivity index (χ0) is 15.4. The van der Waals surface area contributed by atoms with E-state index in [-0.39, 0.29) is 5.69 Å². The van der Waals surface area contributed by atoms with Crippen molar-refractivity contribution in [3.05, 3.63) is 50.2 Å². The minimum atomic E-state index is -0.454. The SMILES string of the molecule is COc1cc(CNc2ncc([N+](=O)[O-])c(C)c2Br)ccn1. The van der Waals surface area contributed by atoms with Crippen LogP contribution in [0.2, 0.25) is 0 Å². The zero-order valence-electron chi connectivity index (χ0n) is 11.5. The van der Waals surface area contributed by atoms with Gasteiger partial charge in [0.1, 0.15) is 12.0 Å². The molecule has 7 nitrogen and oxygen atoms in total. The number of nitrogens with one attached hydrogen (secondary N) is 1. The van der Waals surface area contributed by atoms with Crippen LogP contribution in [0.5, 0.6) is 5.88 Å². The standard InChI is InChI=1S/C13H13BrN4O3/c1-8-10(18(19)20)7-17-13(12(8)14)16-6-9-3-4-15-11(5-9)21-2/h3-5,7H,6H2,1-2H3,(H,16,17). The number of halogens is 1. The Labute approximate surface area is 129 Å². The van der Waals surface area contributed by atoms with Crippen molar-refractivity contribution in [3.63, 3.8) is 0 Å². The molecule has 110 valence electrons. The third-order valence-corrected chi connectivity index (χ3v) is 3.87. The van der Waals surface area contributed by atoms with E-state index in [2.05, 4.69) is 31.2 Å². The summed E-state index contributed by atoms with van der Waals surface area (Å²) in [5.74, 6) is 1.08. The molecule has 0 bridgehead atoms. The van der Waals surface area contributed by atoms with Crippen molar-refractivity contribution in [2.24, 2.45) is 0 Å². The number of anilines is 1. The van der Waals surface area contributed by atoms with Gasteiger partial charge < -0.3 is 10.1 Å². The molecule has 0 aromatic carbocycles. The lowest BCUT2D eigenvalue weighted by molar-refractivity contribution is -0.385. The molecule has 0 aliphatic carbocycles. The van der Waals surface area contributed by atoms with E-state index < -0.39 is 4.92 Å². The normalized spacial score (nSPS) is 10.2. The molecule has 2 aromatic rings. The molecular weight excluding hydrogens is 340 g/mol. The lowest BCUT2D eigenvalue weighted by atomic mass is 10.2. The number of ether oxygens (including phenoxy) is 1. The number of aromatic nitrogens is 2. The second kappa shape index (κ2) is 6.49. The number of hydrogen-bond acceptors (Lipinski definition) is 6. The predicted molar refractivity (Wildman–Crippen MR) is 81.4 cm³/mol. The van der Waals surface area contributed by atoms with Gasteiger partial charge in [-0.05, 0) is 34.5 Å². The molecule has 2 rings (SSSR count). The average Bonchev–Trinajstić information content (AvgIpc) is 2.48. The monoisotopic (exact) mass is 352 g/mol. The van der Waals surface area contributed by atoms with Gasteiger partial charge in [0.2, 0.25) is 5.88 Å². The quantitative estimate of drug-likeness (QED) is 0.656. The van der Waals surface area contributed by atoms with Crippen LogP contribution in [0.15, 0.2) is 29.0 Å². The molecule has 0 aliphatic heterocycles. The van der Waals surface area contributed by atoms with E-state index in [9.17, 15) is 10.1 Å². The van der Waals surface area contributed by atoms with Crippen LogP contribution in [0.25, 0.3) is 0 Å². The maximum atomic E-state index is 10.8. The summed E-state index contributed by atoms with van der Waals surface area (Å²) in [5.41, 5.74) is 1.48. The fourth-order valence-electron chi connectivity index (χ4n) is 1.73. The van der Waals surface area contributed by atoms with Crippen molar-refractivity contribution in [1.82, 2.24) is 9.97 Å². The summed E-state index contributed by atoms with van der Waals surface area (Å²) in [6.07, 6.45) is 2.90. The summed E-state index contributed by atoms with van der Waals surface area (Å²) in [6, 6.07) is 3.65. The van der Waals surface area contributed by atoms with Gasteiger partial charge in [-0.1, -0.05) is 0 Å². The highest BCUT2D eigenvalue weighted by atomic mass is 79.9. The molecule has 2 heterocycles. The minimum absolute atomic E-state index is 0.0157. The second-order valence-electron chi connectivity index (χ2n) is 4.25. The third kappa shape index (κ3) is 3.46. The van der Waals surface area contributed by atoms with E-state index in [0.29, 0.717) is 28.3 Å². The fourth-order valence-corrected chi connectivity index (χ4v) is 2.18. The molecule has 0 radical (unpaired) electrons. The van der Waals surface area contributed by atoms with Crippen LogP contribution in [0.1, 0.15) is 11.1 Å². The maximum absolute atomic E-state index is 10.8. The highest BCUT2D eigenvalue weighted by molar-refractivity contribution is 9.10. The van der Waals surface area contributed by atoms with Crippen LogP contribution in [-0.4, -0.2) is 22.0 Å². The van der Waals surface area contributed by atoms with Gasteiger partial charge in [0.05, 0.1) is 16.5 Å². The highest BCUT2D eigenvalue weighted by Crippen LogP contribution is 2.30. The van der Waals surface area contributed by atoms with Gasteiger partial charge in [-0.3, -0.25) is 10.1 Å². The number of hydrogen-bond donors (Lipinski definition) is 1. The van der Waals surface area contributed by atoms with Gasteiger partial charge in [-0.15, -0.1) is 0 Å². The lowest BCUT2D eigenvalue weighted by Gasteiger charge is -2.10. The molecular formula is C13H13BrN4O3. The van der Waals surface area contributed by atoms with Crippen molar-refractivity contribution in [2.45, 2.75) is 13.5 Å². The summed E-state index contributed by atoms with van der Waals surface area (Å²) in [7, 11) is 1.55. The Morgan fingerprint density at radius 3 is 2.90 bits per heavy atom.